The second-order valence-electron chi connectivity index (χ2n) is 11.7. The van der Waals surface area contributed by atoms with Gasteiger partial charge in [0.2, 0.25) is 0 Å². The Labute approximate surface area is 228 Å². The summed E-state index contributed by atoms with van der Waals surface area (Å²) in [5, 5.41) is 11.9. The molecule has 2 unspecified atom stereocenters. The summed E-state index contributed by atoms with van der Waals surface area (Å²) in [7, 11) is 0. The maximum absolute atomic E-state index is 13.5. The standard InChI is InChI=1S/C35H31NO3/c37-34(39-21-33-31-11-5-3-9-29(31)30-10-4-6-12-32(30)33)36-25-14-15-26(36)20-35(38,19-25)24-13-16-28-23(18-24)17-22-7-1-2-8-27(22)28/h1-13,16,18,25-26,33,38H,14-15,17,19-21H2. The van der Waals surface area contributed by atoms with Crippen molar-refractivity contribution in [3.05, 3.63) is 119 Å². The summed E-state index contributed by atoms with van der Waals surface area (Å²) in [5.41, 5.74) is 10.2. The Morgan fingerprint density at radius 2 is 1.36 bits per heavy atom. The Kier molecular flexibility index (Phi) is 5.05. The second-order valence-corrected chi connectivity index (χ2v) is 11.7. The molecule has 2 aliphatic heterocycles. The molecule has 1 amide bonds. The summed E-state index contributed by atoms with van der Waals surface area (Å²) in [6, 6.07) is 31.9. The van der Waals surface area contributed by atoms with Gasteiger partial charge in [-0.05, 0) is 69.3 Å². The van der Waals surface area contributed by atoms with Gasteiger partial charge >= 0.3 is 6.09 Å². The van der Waals surface area contributed by atoms with Crippen molar-refractivity contribution in [3.63, 3.8) is 0 Å². The number of benzene rings is 4. The molecular formula is C35H31NO3. The first-order valence-corrected chi connectivity index (χ1v) is 14.2. The third-order valence-corrected chi connectivity index (χ3v) is 9.64. The molecule has 2 atom stereocenters. The van der Waals surface area contributed by atoms with Gasteiger partial charge in [-0.1, -0.05) is 91.0 Å². The molecule has 0 radical (unpaired) electrons. The van der Waals surface area contributed by atoms with Crippen LogP contribution in [-0.4, -0.2) is 34.8 Å². The normalized spacial score (nSPS) is 24.2. The lowest BCUT2D eigenvalue weighted by Crippen LogP contribution is -2.52. The highest BCUT2D eigenvalue weighted by Gasteiger charge is 2.51. The number of piperidine rings is 1. The van der Waals surface area contributed by atoms with E-state index in [0.717, 1.165) is 24.8 Å². The zero-order chi connectivity index (χ0) is 26.1. The molecule has 2 saturated heterocycles. The lowest BCUT2D eigenvalue weighted by atomic mass is 9.79. The zero-order valence-corrected chi connectivity index (χ0v) is 21.8. The van der Waals surface area contributed by atoms with Crippen molar-refractivity contribution in [2.75, 3.05) is 6.61 Å². The topological polar surface area (TPSA) is 49.8 Å². The van der Waals surface area contributed by atoms with Gasteiger partial charge in [-0.3, -0.25) is 0 Å². The first kappa shape index (κ1) is 23.0. The third-order valence-electron chi connectivity index (χ3n) is 9.64. The molecule has 0 aromatic heterocycles. The summed E-state index contributed by atoms with van der Waals surface area (Å²) >= 11 is 0. The number of carbonyl (C=O) groups excluding carboxylic acids is 1. The van der Waals surface area contributed by atoms with E-state index in [1.165, 1.54) is 44.5 Å². The Bertz CT molecular complexity index is 1560. The minimum atomic E-state index is -0.921. The number of rotatable bonds is 3. The van der Waals surface area contributed by atoms with E-state index in [9.17, 15) is 9.90 Å². The summed E-state index contributed by atoms with van der Waals surface area (Å²) in [6.45, 7) is 0.332. The highest BCUT2D eigenvalue weighted by molar-refractivity contribution is 5.79. The van der Waals surface area contributed by atoms with E-state index in [0.29, 0.717) is 19.4 Å². The van der Waals surface area contributed by atoms with Crippen molar-refractivity contribution in [1.82, 2.24) is 4.90 Å². The minimum absolute atomic E-state index is 0.00477. The number of nitrogens with zero attached hydrogens (tertiary/aromatic N) is 1. The average molecular weight is 514 g/mol. The third kappa shape index (κ3) is 3.51. The van der Waals surface area contributed by atoms with E-state index in [1.54, 1.807) is 0 Å². The van der Waals surface area contributed by atoms with Crippen molar-refractivity contribution in [2.45, 2.75) is 55.7 Å². The Balaban J connectivity index is 0.998. The van der Waals surface area contributed by atoms with Crippen molar-refractivity contribution in [3.8, 4) is 22.3 Å². The van der Waals surface area contributed by atoms with E-state index in [4.69, 9.17) is 4.74 Å². The number of ether oxygens (including phenoxy) is 1. The largest absolute Gasteiger partial charge is 0.448 e. The molecule has 1 N–H and O–H groups in total. The molecular weight excluding hydrogens is 482 g/mol. The first-order valence-electron chi connectivity index (χ1n) is 14.2. The molecule has 4 nitrogen and oxygen atoms in total. The van der Waals surface area contributed by atoms with Crippen LogP contribution in [0.4, 0.5) is 4.79 Å². The molecule has 194 valence electrons. The van der Waals surface area contributed by atoms with Gasteiger partial charge < -0.3 is 14.7 Å². The monoisotopic (exact) mass is 513 g/mol. The van der Waals surface area contributed by atoms with Crippen LogP contribution in [0.25, 0.3) is 22.3 Å². The van der Waals surface area contributed by atoms with Crippen LogP contribution in [0.1, 0.15) is 59.4 Å². The summed E-state index contributed by atoms with van der Waals surface area (Å²) < 4.78 is 6.04. The van der Waals surface area contributed by atoms with Crippen LogP contribution < -0.4 is 0 Å². The summed E-state index contributed by atoms with van der Waals surface area (Å²) in [6.07, 6.45) is 3.60. The smallest absolute Gasteiger partial charge is 0.410 e. The average Bonchev–Trinajstić information content (AvgIpc) is 3.59. The Hall–Kier alpha value is -3.89. The minimum Gasteiger partial charge on any atom is -0.448 e. The highest BCUT2D eigenvalue weighted by Crippen LogP contribution is 2.48. The maximum Gasteiger partial charge on any atom is 0.410 e. The van der Waals surface area contributed by atoms with Gasteiger partial charge in [0.15, 0.2) is 0 Å². The fraction of sp³-hybridized carbons (Fsp3) is 0.286. The van der Waals surface area contributed by atoms with Crippen LogP contribution in [0.2, 0.25) is 0 Å². The number of hydrogen-bond acceptors (Lipinski definition) is 3. The molecule has 0 saturated carbocycles. The van der Waals surface area contributed by atoms with Crippen LogP contribution in [0, 0.1) is 0 Å². The summed E-state index contributed by atoms with van der Waals surface area (Å²) in [5.74, 6) is 0.0521. The first-order chi connectivity index (χ1) is 19.1. The molecule has 2 fully saturated rings. The fourth-order valence-corrected chi connectivity index (χ4v) is 7.86. The molecule has 4 heteroatoms. The maximum atomic E-state index is 13.5. The lowest BCUT2D eigenvalue weighted by Gasteiger charge is -2.43. The van der Waals surface area contributed by atoms with Crippen LogP contribution in [0.3, 0.4) is 0 Å². The zero-order valence-electron chi connectivity index (χ0n) is 21.8. The number of amides is 1. The van der Waals surface area contributed by atoms with E-state index in [1.807, 2.05) is 4.90 Å². The number of fused-ring (bicyclic) bond motifs is 8. The molecule has 4 aromatic carbocycles. The number of aliphatic hydroxyl groups is 1. The van der Waals surface area contributed by atoms with Gasteiger partial charge in [0.05, 0.1) is 5.60 Å². The molecule has 4 aromatic rings. The Morgan fingerprint density at radius 1 is 0.769 bits per heavy atom. The van der Waals surface area contributed by atoms with E-state index in [-0.39, 0.29) is 24.1 Å². The van der Waals surface area contributed by atoms with Gasteiger partial charge in [-0.25, -0.2) is 4.79 Å². The molecule has 4 aliphatic rings. The van der Waals surface area contributed by atoms with Crippen LogP contribution >= 0.6 is 0 Å². The number of carbonyl (C=O) groups is 1. The molecule has 2 bridgehead atoms. The van der Waals surface area contributed by atoms with Crippen LogP contribution in [0.5, 0.6) is 0 Å². The van der Waals surface area contributed by atoms with Crippen molar-refractivity contribution >= 4 is 6.09 Å². The van der Waals surface area contributed by atoms with E-state index in [2.05, 4.69) is 91.0 Å². The quantitative estimate of drug-likeness (QED) is 0.282. The van der Waals surface area contributed by atoms with Gasteiger partial charge in [0, 0.05) is 30.8 Å². The van der Waals surface area contributed by atoms with Crippen LogP contribution in [-0.2, 0) is 16.8 Å². The number of hydrogen-bond donors (Lipinski definition) is 1. The van der Waals surface area contributed by atoms with E-state index < -0.39 is 5.60 Å². The van der Waals surface area contributed by atoms with E-state index >= 15 is 0 Å². The van der Waals surface area contributed by atoms with Gasteiger partial charge in [-0.2, -0.15) is 0 Å². The van der Waals surface area contributed by atoms with Gasteiger partial charge in [-0.15, -0.1) is 0 Å². The lowest BCUT2D eigenvalue weighted by molar-refractivity contribution is -0.0531. The molecule has 8 rings (SSSR count). The van der Waals surface area contributed by atoms with Crippen molar-refractivity contribution in [2.24, 2.45) is 0 Å². The predicted molar refractivity (Wildman–Crippen MR) is 152 cm³/mol. The molecule has 39 heavy (non-hydrogen) atoms. The Morgan fingerprint density at radius 3 is 2.05 bits per heavy atom. The van der Waals surface area contributed by atoms with Gasteiger partial charge in [0.1, 0.15) is 6.61 Å². The van der Waals surface area contributed by atoms with Crippen molar-refractivity contribution < 1.29 is 14.6 Å². The fourth-order valence-electron chi connectivity index (χ4n) is 7.86. The van der Waals surface area contributed by atoms with Crippen LogP contribution in [0.15, 0.2) is 91.0 Å². The highest BCUT2D eigenvalue weighted by atomic mass is 16.6. The SMILES string of the molecule is O=C(OCC1c2ccccc2-c2ccccc21)N1C2CCC1CC(O)(c1ccc3c(c1)Cc1ccccc1-3)C2. The predicted octanol–water partition coefficient (Wildman–Crippen LogP) is 7.02. The summed E-state index contributed by atoms with van der Waals surface area (Å²) in [4.78, 5) is 15.4. The molecule has 2 heterocycles. The second kappa shape index (κ2) is 8.56. The van der Waals surface area contributed by atoms with Crippen molar-refractivity contribution in [1.29, 1.82) is 0 Å². The molecule has 0 spiro atoms. The van der Waals surface area contributed by atoms with Gasteiger partial charge in [0.25, 0.3) is 0 Å². The molecule has 2 aliphatic carbocycles.